The lowest BCUT2D eigenvalue weighted by Gasteiger charge is -2.22. The van der Waals surface area contributed by atoms with E-state index in [-0.39, 0.29) is 29.7 Å². The highest BCUT2D eigenvalue weighted by Gasteiger charge is 2.40. The van der Waals surface area contributed by atoms with Crippen molar-refractivity contribution in [3.05, 3.63) is 22.7 Å². The summed E-state index contributed by atoms with van der Waals surface area (Å²) in [6.45, 7) is 4.96. The predicted molar refractivity (Wildman–Crippen MR) is 101 cm³/mol. The number of nitrogens with zero attached hydrogens (tertiary/aromatic N) is 1. The lowest BCUT2D eigenvalue weighted by atomic mass is 10.1. The first-order valence-electron chi connectivity index (χ1n) is 9.08. The monoisotopic (exact) mass is 399 g/mol. The van der Waals surface area contributed by atoms with Gasteiger partial charge in [0.05, 0.1) is 24.3 Å². The number of halogens is 1. The number of aliphatic carboxylic acids is 1. The van der Waals surface area contributed by atoms with Crippen LogP contribution in [0.25, 0.3) is 0 Å². The molecule has 27 heavy (non-hydrogen) atoms. The number of likely N-dealkylation sites (tertiary alicyclic amines) is 1. The van der Waals surface area contributed by atoms with Gasteiger partial charge in [0, 0.05) is 25.6 Å². The first-order chi connectivity index (χ1) is 12.9. The molecule has 1 fully saturated rings. The van der Waals surface area contributed by atoms with E-state index in [0.29, 0.717) is 24.7 Å². The molecule has 1 aliphatic heterocycles. The van der Waals surface area contributed by atoms with Gasteiger partial charge in [0.1, 0.15) is 6.04 Å². The van der Waals surface area contributed by atoms with Crippen molar-refractivity contribution in [2.45, 2.75) is 45.3 Å². The number of carboxylic acids is 1. The van der Waals surface area contributed by atoms with Crippen LogP contribution < -0.4 is 9.47 Å². The van der Waals surface area contributed by atoms with E-state index in [0.717, 1.165) is 12.8 Å². The maximum atomic E-state index is 13.0. The Morgan fingerprint density at radius 3 is 2.63 bits per heavy atom. The molecule has 8 heteroatoms. The lowest BCUT2D eigenvalue weighted by molar-refractivity contribution is -0.141. The molecular formula is C19H26ClNO6. The number of ether oxygens (including phenoxy) is 3. The van der Waals surface area contributed by atoms with Crippen molar-refractivity contribution < 1.29 is 28.9 Å². The Morgan fingerprint density at radius 1 is 1.30 bits per heavy atom. The van der Waals surface area contributed by atoms with Gasteiger partial charge in [-0.15, -0.1) is 0 Å². The lowest BCUT2D eigenvalue weighted by Crippen LogP contribution is -2.40. The second-order valence-electron chi connectivity index (χ2n) is 6.33. The molecule has 2 atom stereocenters. The van der Waals surface area contributed by atoms with E-state index in [1.54, 1.807) is 6.07 Å². The Labute approximate surface area is 164 Å². The standard InChI is InChI=1S/C19H26ClNO6/c1-4-6-7-27-17-14(20)8-12(9-16(17)26-5-2)18(22)21-11-13(25-3)10-15(21)19(23)24/h8-9,13,15H,4-7,10-11H2,1-3H3,(H,23,24). The molecule has 2 rings (SSSR count). The van der Waals surface area contributed by atoms with Gasteiger partial charge in [-0.05, 0) is 25.5 Å². The molecule has 1 N–H and O–H groups in total. The number of carboxylic acid groups (broad SMARTS) is 1. The number of hydrogen-bond acceptors (Lipinski definition) is 5. The second kappa shape index (κ2) is 9.80. The first-order valence-corrected chi connectivity index (χ1v) is 9.46. The van der Waals surface area contributed by atoms with E-state index < -0.39 is 17.9 Å². The number of unbranched alkanes of at least 4 members (excludes halogenated alkanes) is 1. The Morgan fingerprint density at radius 2 is 2.04 bits per heavy atom. The zero-order valence-electron chi connectivity index (χ0n) is 15.9. The Kier molecular flexibility index (Phi) is 7.74. The van der Waals surface area contributed by atoms with Gasteiger partial charge in [-0.1, -0.05) is 24.9 Å². The largest absolute Gasteiger partial charge is 0.490 e. The summed E-state index contributed by atoms with van der Waals surface area (Å²) < 4.78 is 16.6. The van der Waals surface area contributed by atoms with Crippen LogP contribution in [0, 0.1) is 0 Å². The molecule has 0 saturated carbocycles. The molecule has 2 unspecified atom stereocenters. The average Bonchev–Trinajstić information content (AvgIpc) is 3.08. The third-order valence-corrected chi connectivity index (χ3v) is 4.72. The maximum absolute atomic E-state index is 13.0. The second-order valence-corrected chi connectivity index (χ2v) is 6.73. The summed E-state index contributed by atoms with van der Waals surface area (Å²) in [6.07, 6.45) is 1.79. The molecule has 0 bridgehead atoms. The van der Waals surface area contributed by atoms with Crippen molar-refractivity contribution in [2.75, 3.05) is 26.9 Å². The molecular weight excluding hydrogens is 374 g/mol. The minimum atomic E-state index is -1.06. The normalized spacial score (nSPS) is 19.2. The van der Waals surface area contributed by atoms with E-state index in [4.69, 9.17) is 25.8 Å². The van der Waals surface area contributed by atoms with E-state index in [9.17, 15) is 14.7 Å². The number of carbonyl (C=O) groups is 2. The number of rotatable bonds is 9. The smallest absolute Gasteiger partial charge is 0.326 e. The van der Waals surface area contributed by atoms with Crippen LogP contribution in [0.2, 0.25) is 5.02 Å². The number of amides is 1. The number of methoxy groups -OCH3 is 1. The predicted octanol–water partition coefficient (Wildman–Crippen LogP) is 3.23. The molecule has 0 radical (unpaired) electrons. The highest BCUT2D eigenvalue weighted by atomic mass is 35.5. The number of hydrogen-bond donors (Lipinski definition) is 1. The van der Waals surface area contributed by atoms with E-state index in [1.165, 1.54) is 18.1 Å². The van der Waals surface area contributed by atoms with Crippen molar-refractivity contribution >= 4 is 23.5 Å². The van der Waals surface area contributed by atoms with Gasteiger partial charge < -0.3 is 24.2 Å². The molecule has 150 valence electrons. The molecule has 1 aliphatic rings. The third kappa shape index (κ3) is 5.05. The summed E-state index contributed by atoms with van der Waals surface area (Å²) >= 11 is 6.34. The van der Waals surface area contributed by atoms with Crippen LogP contribution in [-0.4, -0.2) is 60.9 Å². The maximum Gasteiger partial charge on any atom is 0.326 e. The molecule has 1 amide bonds. The molecule has 7 nitrogen and oxygen atoms in total. The van der Waals surface area contributed by atoms with Crippen molar-refractivity contribution in [1.82, 2.24) is 4.90 Å². The van der Waals surface area contributed by atoms with E-state index >= 15 is 0 Å². The third-order valence-electron chi connectivity index (χ3n) is 4.44. The fourth-order valence-electron chi connectivity index (χ4n) is 3.01. The quantitative estimate of drug-likeness (QED) is 0.641. The van der Waals surface area contributed by atoms with Gasteiger partial charge in [0.25, 0.3) is 5.91 Å². The van der Waals surface area contributed by atoms with Gasteiger partial charge in [-0.25, -0.2) is 4.79 Å². The molecule has 1 aromatic rings. The topological polar surface area (TPSA) is 85.3 Å². The van der Waals surface area contributed by atoms with Gasteiger partial charge in [0.2, 0.25) is 0 Å². The first kappa shape index (κ1) is 21.3. The molecule has 1 heterocycles. The van der Waals surface area contributed by atoms with Crippen LogP contribution in [0.3, 0.4) is 0 Å². The van der Waals surface area contributed by atoms with Crippen LogP contribution in [-0.2, 0) is 9.53 Å². The summed E-state index contributed by atoms with van der Waals surface area (Å²) in [5.74, 6) is -0.711. The van der Waals surface area contributed by atoms with E-state index in [2.05, 4.69) is 6.92 Å². The van der Waals surface area contributed by atoms with Crippen molar-refractivity contribution in [3.63, 3.8) is 0 Å². The summed E-state index contributed by atoms with van der Waals surface area (Å²) in [7, 11) is 1.50. The van der Waals surface area contributed by atoms with Crippen molar-refractivity contribution in [1.29, 1.82) is 0 Å². The molecule has 0 aliphatic carbocycles. The Bertz CT molecular complexity index is 680. The van der Waals surface area contributed by atoms with Crippen LogP contribution in [0.4, 0.5) is 0 Å². The fourth-order valence-corrected chi connectivity index (χ4v) is 3.27. The SMILES string of the molecule is CCCCOc1c(Cl)cc(C(=O)N2CC(OC)CC2C(=O)O)cc1OCC. The van der Waals surface area contributed by atoms with Crippen LogP contribution >= 0.6 is 11.6 Å². The van der Waals surface area contributed by atoms with Gasteiger partial charge >= 0.3 is 5.97 Å². The Hall–Kier alpha value is -1.99. The van der Waals surface area contributed by atoms with Crippen LogP contribution in [0.15, 0.2) is 12.1 Å². The zero-order chi connectivity index (χ0) is 20.0. The number of benzene rings is 1. The average molecular weight is 400 g/mol. The van der Waals surface area contributed by atoms with E-state index in [1.807, 2.05) is 6.92 Å². The van der Waals surface area contributed by atoms with Crippen molar-refractivity contribution in [2.24, 2.45) is 0 Å². The van der Waals surface area contributed by atoms with Gasteiger partial charge in [-0.3, -0.25) is 4.79 Å². The molecule has 0 aromatic heterocycles. The Balaban J connectivity index is 2.31. The van der Waals surface area contributed by atoms with Crippen LogP contribution in [0.5, 0.6) is 11.5 Å². The van der Waals surface area contributed by atoms with Crippen LogP contribution in [0.1, 0.15) is 43.5 Å². The summed E-state index contributed by atoms with van der Waals surface area (Å²) in [5, 5.41) is 9.69. The molecule has 1 aromatic carbocycles. The highest BCUT2D eigenvalue weighted by Crippen LogP contribution is 2.37. The molecule has 1 saturated heterocycles. The highest BCUT2D eigenvalue weighted by molar-refractivity contribution is 6.32. The number of carbonyl (C=O) groups excluding carboxylic acids is 1. The van der Waals surface area contributed by atoms with Gasteiger partial charge in [-0.2, -0.15) is 0 Å². The molecule has 0 spiro atoms. The summed E-state index contributed by atoms with van der Waals surface area (Å²) in [4.78, 5) is 25.8. The zero-order valence-corrected chi connectivity index (χ0v) is 16.6. The minimum absolute atomic E-state index is 0.211. The minimum Gasteiger partial charge on any atom is -0.490 e. The van der Waals surface area contributed by atoms with Crippen molar-refractivity contribution in [3.8, 4) is 11.5 Å². The van der Waals surface area contributed by atoms with Gasteiger partial charge in [0.15, 0.2) is 11.5 Å². The summed E-state index contributed by atoms with van der Waals surface area (Å²) in [5.41, 5.74) is 0.259. The summed E-state index contributed by atoms with van der Waals surface area (Å²) in [6, 6.07) is 2.11. The fraction of sp³-hybridized carbons (Fsp3) is 0.579.